The third kappa shape index (κ3) is 3.43. The molecule has 1 saturated heterocycles. The Morgan fingerprint density at radius 1 is 1.18 bits per heavy atom. The summed E-state index contributed by atoms with van der Waals surface area (Å²) in [6.07, 6.45) is 8.13. The first kappa shape index (κ1) is 24.8. The van der Waals surface area contributed by atoms with Gasteiger partial charge >= 0.3 is 0 Å². The summed E-state index contributed by atoms with van der Waals surface area (Å²) >= 11 is 12.2. The van der Waals surface area contributed by atoms with E-state index in [0.29, 0.717) is 28.6 Å². The van der Waals surface area contributed by atoms with Gasteiger partial charge in [0.2, 0.25) is 5.91 Å². The van der Waals surface area contributed by atoms with Crippen LogP contribution < -0.4 is 4.74 Å². The largest absolute Gasteiger partial charge is 0.504 e. The third-order valence-electron chi connectivity index (χ3n) is 9.94. The van der Waals surface area contributed by atoms with Crippen molar-refractivity contribution in [3.8, 4) is 11.5 Å². The smallest absolute Gasteiger partial charge is 0.246 e. The molecular formula is C30H32Cl2N2O4. The van der Waals surface area contributed by atoms with Crippen LogP contribution in [0.2, 0.25) is 10.0 Å². The Hall–Kier alpha value is -2.25. The standard InChI is InChI=1S/C30H32Cl2N2O4/c1-33(25(36)9-5-17-4-7-20(31)21(32)14-17)22-10-11-30(37)24-15-19-6-8-23(35)27-26(19)29(30,28(22)38-27)12-13-34(24)16-18-2-3-18/h4-9,14,18,22,24,28,35,37H,2-3,10-13,15-16H2,1H3/b9-5+/t22-,24-,28+,29+,30-/m1/s1. The molecule has 1 spiro atoms. The average Bonchev–Trinajstić information content (AvgIpc) is 3.64. The fraction of sp³-hybridized carbons (Fsp3) is 0.500. The van der Waals surface area contributed by atoms with Crippen LogP contribution in [0.4, 0.5) is 0 Å². The Balaban J connectivity index is 1.23. The van der Waals surface area contributed by atoms with Gasteiger partial charge in [-0.3, -0.25) is 9.69 Å². The number of nitrogens with zero attached hydrogens (tertiary/aromatic N) is 2. The number of rotatable bonds is 5. The van der Waals surface area contributed by atoms with Crippen LogP contribution in [0, 0.1) is 5.92 Å². The van der Waals surface area contributed by atoms with Gasteiger partial charge in [-0.25, -0.2) is 0 Å². The maximum atomic E-state index is 13.4. The Morgan fingerprint density at radius 2 is 2.00 bits per heavy atom. The van der Waals surface area contributed by atoms with Crippen molar-refractivity contribution in [1.29, 1.82) is 0 Å². The molecule has 2 saturated carbocycles. The van der Waals surface area contributed by atoms with Gasteiger partial charge in [-0.2, -0.15) is 0 Å². The number of halogens is 2. The van der Waals surface area contributed by atoms with Crippen molar-refractivity contribution in [3.05, 3.63) is 63.1 Å². The number of aliphatic hydroxyl groups is 1. The van der Waals surface area contributed by atoms with Crippen molar-refractivity contribution >= 4 is 35.2 Å². The molecule has 2 N–H and O–H groups in total. The topological polar surface area (TPSA) is 73.2 Å². The van der Waals surface area contributed by atoms with Gasteiger partial charge in [0.15, 0.2) is 11.5 Å². The summed E-state index contributed by atoms with van der Waals surface area (Å²) in [5.41, 5.74) is 1.31. The lowest BCUT2D eigenvalue weighted by Crippen LogP contribution is -2.78. The van der Waals surface area contributed by atoms with E-state index < -0.39 is 17.1 Å². The van der Waals surface area contributed by atoms with Crippen molar-refractivity contribution in [2.75, 3.05) is 20.1 Å². The summed E-state index contributed by atoms with van der Waals surface area (Å²) in [5.74, 6) is 1.20. The molecule has 0 radical (unpaired) electrons. The number of phenolic OH excluding ortho intramolecular Hbond substituents is 1. The molecule has 2 heterocycles. The fourth-order valence-electron chi connectivity index (χ4n) is 7.92. The average molecular weight is 556 g/mol. The first-order valence-electron chi connectivity index (χ1n) is 13.6. The van der Waals surface area contributed by atoms with E-state index in [4.69, 9.17) is 27.9 Å². The van der Waals surface area contributed by atoms with E-state index in [1.807, 2.05) is 19.2 Å². The molecule has 3 aliphatic carbocycles. The Labute approximate surface area is 232 Å². The molecular weight excluding hydrogens is 523 g/mol. The van der Waals surface area contributed by atoms with E-state index in [1.165, 1.54) is 12.8 Å². The number of ether oxygens (including phenoxy) is 1. The molecule has 1 amide bonds. The molecule has 5 aliphatic rings. The number of hydrogen-bond donors (Lipinski definition) is 2. The van der Waals surface area contributed by atoms with Gasteiger partial charge in [0.05, 0.1) is 27.1 Å². The molecule has 38 heavy (non-hydrogen) atoms. The maximum Gasteiger partial charge on any atom is 0.246 e. The summed E-state index contributed by atoms with van der Waals surface area (Å²) in [5, 5.41) is 24.3. The van der Waals surface area contributed by atoms with E-state index in [9.17, 15) is 15.0 Å². The number of hydrogen-bond acceptors (Lipinski definition) is 5. The van der Waals surface area contributed by atoms with E-state index in [0.717, 1.165) is 48.5 Å². The first-order chi connectivity index (χ1) is 18.2. The van der Waals surface area contributed by atoms with Crippen LogP contribution in [0.15, 0.2) is 36.4 Å². The zero-order valence-corrected chi connectivity index (χ0v) is 22.9. The molecule has 3 fully saturated rings. The predicted molar refractivity (Wildman–Crippen MR) is 147 cm³/mol. The zero-order valence-electron chi connectivity index (χ0n) is 21.4. The monoisotopic (exact) mass is 554 g/mol. The number of benzene rings is 2. The van der Waals surface area contributed by atoms with Crippen LogP contribution in [-0.4, -0.2) is 69.8 Å². The van der Waals surface area contributed by atoms with E-state index >= 15 is 0 Å². The van der Waals surface area contributed by atoms with Crippen LogP contribution in [0.1, 0.15) is 48.8 Å². The van der Waals surface area contributed by atoms with Crippen molar-refractivity contribution in [3.63, 3.8) is 0 Å². The number of likely N-dealkylation sites (tertiary alicyclic amines) is 1. The second-order valence-electron chi connectivity index (χ2n) is 11.9. The number of aromatic hydroxyl groups is 1. The molecule has 5 atom stereocenters. The van der Waals surface area contributed by atoms with Gasteiger partial charge < -0.3 is 19.8 Å². The molecule has 2 bridgehead atoms. The van der Waals surface area contributed by atoms with Gasteiger partial charge in [-0.15, -0.1) is 0 Å². The highest BCUT2D eigenvalue weighted by molar-refractivity contribution is 6.42. The second-order valence-corrected chi connectivity index (χ2v) is 12.7. The Morgan fingerprint density at radius 3 is 2.76 bits per heavy atom. The highest BCUT2D eigenvalue weighted by Gasteiger charge is 2.73. The Kier molecular flexibility index (Phi) is 5.62. The minimum Gasteiger partial charge on any atom is -0.504 e. The number of piperidine rings is 1. The summed E-state index contributed by atoms with van der Waals surface area (Å²) < 4.78 is 6.60. The highest BCUT2D eigenvalue weighted by Crippen LogP contribution is 2.66. The molecule has 2 aliphatic heterocycles. The van der Waals surface area contributed by atoms with Crippen LogP contribution in [0.25, 0.3) is 6.08 Å². The van der Waals surface area contributed by atoms with Crippen LogP contribution in [-0.2, 0) is 16.6 Å². The minimum absolute atomic E-state index is 0.0162. The quantitative estimate of drug-likeness (QED) is 0.519. The number of carbonyl (C=O) groups is 1. The van der Waals surface area contributed by atoms with Crippen LogP contribution >= 0.6 is 23.2 Å². The lowest BCUT2D eigenvalue weighted by Gasteiger charge is -2.64. The summed E-state index contributed by atoms with van der Waals surface area (Å²) in [6.45, 7) is 1.93. The van der Waals surface area contributed by atoms with Gasteiger partial charge in [-0.1, -0.05) is 35.3 Å². The van der Waals surface area contributed by atoms with Crippen molar-refractivity contribution in [2.24, 2.45) is 5.92 Å². The van der Waals surface area contributed by atoms with Crippen molar-refractivity contribution in [1.82, 2.24) is 9.80 Å². The molecule has 2 aromatic rings. The summed E-state index contributed by atoms with van der Waals surface area (Å²) in [4.78, 5) is 17.7. The predicted octanol–water partition coefficient (Wildman–Crippen LogP) is 4.80. The lowest BCUT2D eigenvalue weighted by atomic mass is 9.48. The molecule has 6 nitrogen and oxygen atoms in total. The normalized spacial score (nSPS) is 33.2. The van der Waals surface area contributed by atoms with Crippen LogP contribution in [0.3, 0.4) is 0 Å². The molecule has 200 valence electrons. The minimum atomic E-state index is -0.965. The van der Waals surface area contributed by atoms with E-state index in [2.05, 4.69) is 4.90 Å². The van der Waals surface area contributed by atoms with Crippen molar-refractivity contribution in [2.45, 2.75) is 67.7 Å². The molecule has 0 aromatic heterocycles. The molecule has 0 unspecified atom stereocenters. The number of phenols is 1. The second kappa shape index (κ2) is 8.62. The van der Waals surface area contributed by atoms with E-state index in [-0.39, 0.29) is 23.7 Å². The number of likely N-dealkylation sites (N-methyl/N-ethyl adjacent to an activating group) is 1. The Bertz CT molecular complexity index is 1360. The highest BCUT2D eigenvalue weighted by atomic mass is 35.5. The summed E-state index contributed by atoms with van der Waals surface area (Å²) in [7, 11) is 1.81. The van der Waals surface area contributed by atoms with Gasteiger partial charge in [-0.05, 0) is 86.4 Å². The van der Waals surface area contributed by atoms with E-state index in [1.54, 1.807) is 35.3 Å². The third-order valence-corrected chi connectivity index (χ3v) is 10.7. The lowest BCUT2D eigenvalue weighted by molar-refractivity contribution is -0.200. The SMILES string of the molecule is CN(C(=O)/C=C/c1ccc(Cl)c(Cl)c1)[C@@H]1CC[C@@]2(O)[C@H]3Cc4ccc(O)c5c4[C@@]2(CCN3CC2CC2)[C@H]1O5. The molecule has 7 rings (SSSR count). The number of carbonyl (C=O) groups excluding carboxylic acids is 1. The summed E-state index contributed by atoms with van der Waals surface area (Å²) in [6, 6.07) is 8.76. The van der Waals surface area contributed by atoms with Crippen molar-refractivity contribution < 1.29 is 19.7 Å². The zero-order chi connectivity index (χ0) is 26.4. The van der Waals surface area contributed by atoms with Gasteiger partial charge in [0.25, 0.3) is 0 Å². The van der Waals surface area contributed by atoms with Crippen LogP contribution in [0.5, 0.6) is 11.5 Å². The maximum absolute atomic E-state index is 13.4. The first-order valence-corrected chi connectivity index (χ1v) is 14.4. The number of amides is 1. The fourth-order valence-corrected chi connectivity index (χ4v) is 8.22. The molecule has 8 heteroatoms. The van der Waals surface area contributed by atoms with Gasteiger partial charge in [0.1, 0.15) is 6.10 Å². The van der Waals surface area contributed by atoms with Gasteiger partial charge in [0, 0.05) is 31.3 Å². The molecule has 2 aromatic carbocycles.